The molecule has 0 aliphatic heterocycles. The van der Waals surface area contributed by atoms with Crippen molar-refractivity contribution in [3.8, 4) is 0 Å². The first-order chi connectivity index (χ1) is 24.4. The van der Waals surface area contributed by atoms with E-state index in [1.165, 1.54) is 0 Å². The van der Waals surface area contributed by atoms with Gasteiger partial charge in [0.2, 0.25) is 35.4 Å². The lowest BCUT2D eigenvalue weighted by Crippen LogP contribution is -2.60. The average Bonchev–Trinajstić information content (AvgIpc) is 3.07. The highest BCUT2D eigenvalue weighted by atomic mass is 16.4. The Kier molecular flexibility index (Phi) is 22.4. The van der Waals surface area contributed by atoms with Crippen molar-refractivity contribution in [3.05, 3.63) is 0 Å². The first-order valence-electron chi connectivity index (χ1n) is 16.0. The Balaban J connectivity index is 5.39. The van der Waals surface area contributed by atoms with Crippen LogP contribution < -0.4 is 54.4 Å². The van der Waals surface area contributed by atoms with Gasteiger partial charge in [0, 0.05) is 6.54 Å². The van der Waals surface area contributed by atoms with Crippen LogP contribution in [0.15, 0.2) is 0 Å². The molecule has 0 saturated heterocycles. The number of rotatable bonds is 26. The topological polar surface area (TPSA) is 424 Å². The number of carbonyl (C=O) groups is 8. The molecular weight excluding hydrogens is 698 g/mol. The Labute approximate surface area is 297 Å². The standard InChI is InChI=1S/C28H51N11O13/c1-13(42)21(27(51)52)39-24(48)15(6-2-3-7-29)35-19(43)10-34-23(47)17(11-40)37-26(50)18(12-41)38-25(49)16(9-20(44)45)36-22(46)14(30)5-4-8-33-28(31)32/h13-18,21,40-42H,2-12,29-30H2,1H3,(H,34,47)(H,35,43)(H,36,46)(H,37,50)(H,38,49)(H,39,48)(H,44,45)(H,51,52)(H4,31,32,33)/t13-,14+,15+,16+,17+,18+,21+/m1/s1. The van der Waals surface area contributed by atoms with Crippen LogP contribution in [0.5, 0.6) is 0 Å². The number of amides is 6. The first-order valence-corrected chi connectivity index (χ1v) is 16.0. The van der Waals surface area contributed by atoms with Crippen molar-refractivity contribution in [3.63, 3.8) is 0 Å². The second kappa shape index (κ2) is 24.9. The summed E-state index contributed by atoms with van der Waals surface area (Å²) in [6.45, 7) is -1.31. The van der Waals surface area contributed by atoms with Crippen LogP contribution in [-0.4, -0.2) is 154 Å². The highest BCUT2D eigenvalue weighted by Crippen LogP contribution is 2.04. The quantitative estimate of drug-likeness (QED) is 0.0222. The summed E-state index contributed by atoms with van der Waals surface area (Å²) in [5.41, 5.74) is 16.4. The molecule has 0 spiro atoms. The zero-order valence-corrected chi connectivity index (χ0v) is 28.6. The Morgan fingerprint density at radius 2 is 1.23 bits per heavy atom. The molecule has 0 unspecified atom stereocenters. The first kappa shape index (κ1) is 46.8. The fourth-order valence-electron chi connectivity index (χ4n) is 4.21. The Bertz CT molecular complexity index is 1250. The maximum Gasteiger partial charge on any atom is 0.328 e. The lowest BCUT2D eigenvalue weighted by molar-refractivity contribution is -0.145. The van der Waals surface area contributed by atoms with Gasteiger partial charge in [-0.15, -0.1) is 0 Å². The van der Waals surface area contributed by atoms with E-state index in [0.29, 0.717) is 12.8 Å². The van der Waals surface area contributed by atoms with Gasteiger partial charge in [-0.25, -0.2) is 4.79 Å². The average molecular weight is 750 g/mol. The van der Waals surface area contributed by atoms with Gasteiger partial charge in [-0.05, 0) is 45.6 Å². The number of carbonyl (C=O) groups excluding carboxylic acids is 6. The predicted molar refractivity (Wildman–Crippen MR) is 178 cm³/mol. The summed E-state index contributed by atoms with van der Waals surface area (Å²) in [7, 11) is 0. The molecule has 0 radical (unpaired) electrons. The molecule has 0 saturated carbocycles. The number of unbranched alkanes of at least 4 members (excludes halogenated alkanes) is 1. The maximum absolute atomic E-state index is 12.8. The molecule has 7 atom stereocenters. The molecule has 0 aromatic heterocycles. The minimum absolute atomic E-state index is 0.0161. The second-order valence-electron chi connectivity index (χ2n) is 11.4. The molecule has 0 heterocycles. The third-order valence-electron chi connectivity index (χ3n) is 7.05. The zero-order valence-electron chi connectivity index (χ0n) is 28.6. The van der Waals surface area contributed by atoms with Crippen molar-refractivity contribution in [2.75, 3.05) is 32.8 Å². The Morgan fingerprint density at radius 3 is 1.73 bits per heavy atom. The largest absolute Gasteiger partial charge is 0.481 e. The summed E-state index contributed by atoms with van der Waals surface area (Å²) in [5, 5.41) is 69.9. The van der Waals surface area contributed by atoms with Crippen LogP contribution in [0.2, 0.25) is 0 Å². The smallest absolute Gasteiger partial charge is 0.328 e. The van der Waals surface area contributed by atoms with E-state index in [1.807, 2.05) is 10.6 Å². The van der Waals surface area contributed by atoms with E-state index in [4.69, 9.17) is 22.6 Å². The monoisotopic (exact) mass is 749 g/mol. The number of carboxylic acid groups (broad SMARTS) is 2. The summed E-state index contributed by atoms with van der Waals surface area (Å²) in [5.74, 6) is -9.70. The van der Waals surface area contributed by atoms with Gasteiger partial charge in [-0.3, -0.25) is 39.0 Å². The van der Waals surface area contributed by atoms with Crippen LogP contribution in [0, 0.1) is 5.41 Å². The molecule has 0 aliphatic rings. The van der Waals surface area contributed by atoms with Crippen LogP contribution in [0.25, 0.3) is 0 Å². The van der Waals surface area contributed by atoms with Crippen molar-refractivity contribution in [1.29, 1.82) is 5.41 Å². The van der Waals surface area contributed by atoms with Gasteiger partial charge < -0.3 is 80.0 Å². The van der Waals surface area contributed by atoms with Crippen molar-refractivity contribution in [2.24, 2.45) is 17.2 Å². The molecule has 0 aromatic carbocycles. The Hall–Kier alpha value is -5.17. The van der Waals surface area contributed by atoms with Crippen molar-refractivity contribution < 1.29 is 63.9 Å². The fourth-order valence-corrected chi connectivity index (χ4v) is 4.21. The van der Waals surface area contributed by atoms with Gasteiger partial charge in [0.1, 0.15) is 24.2 Å². The number of nitrogens with two attached hydrogens (primary N) is 3. The summed E-state index contributed by atoms with van der Waals surface area (Å²) in [6.07, 6.45) is -1.27. The number of nitrogens with one attached hydrogen (secondary N) is 8. The van der Waals surface area contributed by atoms with Crippen LogP contribution in [0.1, 0.15) is 45.4 Å². The molecule has 19 N–H and O–H groups in total. The van der Waals surface area contributed by atoms with Crippen LogP contribution >= 0.6 is 0 Å². The highest BCUT2D eigenvalue weighted by Gasteiger charge is 2.32. The molecular formula is C28H51N11O13. The summed E-state index contributed by atoms with van der Waals surface area (Å²) in [6, 6.07) is -9.49. The number of guanidine groups is 1. The molecule has 0 fully saturated rings. The van der Waals surface area contributed by atoms with Gasteiger partial charge in [0.25, 0.3) is 0 Å². The van der Waals surface area contributed by atoms with Crippen LogP contribution in [-0.2, 0) is 38.4 Å². The van der Waals surface area contributed by atoms with Crippen molar-refractivity contribution >= 4 is 53.3 Å². The van der Waals surface area contributed by atoms with E-state index in [2.05, 4.69) is 26.6 Å². The number of aliphatic hydroxyl groups is 3. The minimum Gasteiger partial charge on any atom is -0.481 e. The number of aliphatic carboxylic acids is 2. The summed E-state index contributed by atoms with van der Waals surface area (Å²) < 4.78 is 0. The molecule has 6 amide bonds. The summed E-state index contributed by atoms with van der Waals surface area (Å²) in [4.78, 5) is 98.8. The zero-order chi connectivity index (χ0) is 40.0. The molecule has 0 rings (SSSR count). The number of aliphatic hydroxyl groups excluding tert-OH is 3. The summed E-state index contributed by atoms with van der Waals surface area (Å²) >= 11 is 0. The SMILES string of the molecule is C[C@@H](O)[C@H](NC(=O)[C@H](CCCCN)NC(=O)CNC(=O)[C@H](CO)NC(=O)[C@H](CO)NC(=O)[C@H](CC(=O)O)NC(=O)[C@@H](N)CCCNC(=N)N)C(=O)O. The fraction of sp³-hybridized carbons (Fsp3) is 0.679. The van der Waals surface area contributed by atoms with Gasteiger partial charge in [-0.1, -0.05) is 0 Å². The second-order valence-corrected chi connectivity index (χ2v) is 11.4. The highest BCUT2D eigenvalue weighted by molar-refractivity contribution is 5.97. The normalized spacial score (nSPS) is 14.8. The molecule has 296 valence electrons. The molecule has 0 bridgehead atoms. The predicted octanol–water partition coefficient (Wildman–Crippen LogP) is -7.83. The van der Waals surface area contributed by atoms with E-state index < -0.39 is 116 Å². The lowest BCUT2D eigenvalue weighted by atomic mass is 10.1. The molecule has 52 heavy (non-hydrogen) atoms. The van der Waals surface area contributed by atoms with Crippen molar-refractivity contribution in [1.82, 2.24) is 37.2 Å². The minimum atomic E-state index is -1.82. The number of carboxylic acids is 2. The van der Waals surface area contributed by atoms with E-state index >= 15 is 0 Å². The van der Waals surface area contributed by atoms with E-state index in [-0.39, 0.29) is 38.3 Å². The van der Waals surface area contributed by atoms with Gasteiger partial charge >= 0.3 is 11.9 Å². The van der Waals surface area contributed by atoms with Crippen LogP contribution in [0.4, 0.5) is 0 Å². The van der Waals surface area contributed by atoms with Gasteiger partial charge in [0.15, 0.2) is 12.0 Å². The third kappa shape index (κ3) is 18.7. The Morgan fingerprint density at radius 1 is 0.692 bits per heavy atom. The van der Waals surface area contributed by atoms with E-state index in [1.54, 1.807) is 0 Å². The lowest BCUT2D eigenvalue weighted by Gasteiger charge is -2.24. The molecule has 24 heteroatoms. The number of hydrogen-bond donors (Lipinski definition) is 16. The van der Waals surface area contributed by atoms with Crippen LogP contribution in [0.3, 0.4) is 0 Å². The third-order valence-corrected chi connectivity index (χ3v) is 7.05. The van der Waals surface area contributed by atoms with Crippen molar-refractivity contribution in [2.45, 2.75) is 87.8 Å². The molecule has 0 aromatic rings. The molecule has 24 nitrogen and oxygen atoms in total. The van der Waals surface area contributed by atoms with Gasteiger partial charge in [-0.2, -0.15) is 0 Å². The maximum atomic E-state index is 12.8. The van der Waals surface area contributed by atoms with Gasteiger partial charge in [0.05, 0.1) is 38.3 Å². The molecule has 0 aliphatic carbocycles. The van der Waals surface area contributed by atoms with E-state index in [9.17, 15) is 63.9 Å². The number of hydrogen-bond acceptors (Lipinski definition) is 14. The van der Waals surface area contributed by atoms with E-state index in [0.717, 1.165) is 6.92 Å².